The number of carbonyl (C=O) groups excluding carboxylic acids is 1. The number of allylic oxidation sites excluding steroid dienone is 1. The second kappa shape index (κ2) is 12.0. The SMILES string of the molecule is CCOc1ccc(-n2c(SCC(=O)N/N=C\C=C/c3ccco3)nnc2-c2ccc(Cl)cc2)cc1. The molecule has 0 aliphatic rings. The third-order valence-corrected chi connectivity index (χ3v) is 5.81. The molecule has 0 spiro atoms. The zero-order chi connectivity index (χ0) is 24.5. The van der Waals surface area contributed by atoms with Crippen LogP contribution in [0.1, 0.15) is 12.7 Å². The monoisotopic (exact) mass is 507 g/mol. The van der Waals surface area contributed by atoms with Gasteiger partial charge >= 0.3 is 0 Å². The van der Waals surface area contributed by atoms with Crippen LogP contribution >= 0.6 is 23.4 Å². The van der Waals surface area contributed by atoms with Gasteiger partial charge in [-0.1, -0.05) is 23.4 Å². The lowest BCUT2D eigenvalue weighted by molar-refractivity contribution is -0.118. The molecule has 0 saturated heterocycles. The first-order valence-corrected chi connectivity index (χ1v) is 12.1. The zero-order valence-corrected chi connectivity index (χ0v) is 20.4. The molecule has 0 aliphatic carbocycles. The average Bonchev–Trinajstić information content (AvgIpc) is 3.54. The van der Waals surface area contributed by atoms with Crippen LogP contribution in [0.15, 0.2) is 87.7 Å². The molecule has 2 aromatic heterocycles. The summed E-state index contributed by atoms with van der Waals surface area (Å²) < 4.78 is 12.6. The molecule has 0 unspecified atom stereocenters. The number of ether oxygens (including phenoxy) is 1. The summed E-state index contributed by atoms with van der Waals surface area (Å²) >= 11 is 7.31. The van der Waals surface area contributed by atoms with Gasteiger partial charge in [0.1, 0.15) is 11.5 Å². The second-order valence-electron chi connectivity index (χ2n) is 7.05. The smallest absolute Gasteiger partial charge is 0.250 e. The largest absolute Gasteiger partial charge is 0.494 e. The van der Waals surface area contributed by atoms with Gasteiger partial charge in [-0.25, -0.2) is 5.43 Å². The molecule has 4 aromatic rings. The van der Waals surface area contributed by atoms with E-state index in [0.29, 0.717) is 28.4 Å². The summed E-state index contributed by atoms with van der Waals surface area (Å²) in [5, 5.41) is 13.8. The van der Waals surface area contributed by atoms with Crippen LogP contribution in [0.2, 0.25) is 5.02 Å². The highest BCUT2D eigenvalue weighted by Gasteiger charge is 2.17. The van der Waals surface area contributed by atoms with E-state index in [1.165, 1.54) is 18.0 Å². The molecule has 2 heterocycles. The molecule has 0 fully saturated rings. The van der Waals surface area contributed by atoms with Gasteiger partial charge in [-0.05, 0) is 79.7 Å². The average molecular weight is 508 g/mol. The number of nitrogens with zero attached hydrogens (tertiary/aromatic N) is 4. The van der Waals surface area contributed by atoms with Crippen molar-refractivity contribution in [2.45, 2.75) is 12.1 Å². The summed E-state index contributed by atoms with van der Waals surface area (Å²) in [6, 6.07) is 18.6. The summed E-state index contributed by atoms with van der Waals surface area (Å²) in [4.78, 5) is 12.3. The van der Waals surface area contributed by atoms with Crippen molar-refractivity contribution < 1.29 is 13.9 Å². The topological polar surface area (TPSA) is 94.5 Å². The van der Waals surface area contributed by atoms with Crippen molar-refractivity contribution >= 4 is 41.6 Å². The Morgan fingerprint density at radius 3 is 2.69 bits per heavy atom. The molecule has 4 rings (SSSR count). The maximum absolute atomic E-state index is 12.3. The van der Waals surface area contributed by atoms with Gasteiger partial charge in [0, 0.05) is 22.5 Å². The molecule has 35 heavy (non-hydrogen) atoms. The number of aromatic nitrogens is 3. The first-order chi connectivity index (χ1) is 17.1. The van der Waals surface area contributed by atoms with E-state index in [4.69, 9.17) is 20.8 Å². The number of benzene rings is 2. The molecule has 0 saturated carbocycles. The first-order valence-electron chi connectivity index (χ1n) is 10.7. The van der Waals surface area contributed by atoms with E-state index in [-0.39, 0.29) is 11.7 Å². The second-order valence-corrected chi connectivity index (χ2v) is 8.43. The molecule has 0 aliphatic heterocycles. The maximum atomic E-state index is 12.3. The Balaban J connectivity index is 1.48. The fourth-order valence-electron chi connectivity index (χ4n) is 3.08. The number of rotatable bonds is 10. The van der Waals surface area contributed by atoms with E-state index >= 15 is 0 Å². The summed E-state index contributed by atoms with van der Waals surface area (Å²) in [6.07, 6.45) is 6.47. The van der Waals surface area contributed by atoms with Gasteiger partial charge in [-0.2, -0.15) is 5.10 Å². The van der Waals surface area contributed by atoms with Crippen LogP contribution in [0, 0.1) is 0 Å². The van der Waals surface area contributed by atoms with Gasteiger partial charge in [0.05, 0.1) is 18.6 Å². The molecule has 2 aromatic carbocycles. The van der Waals surface area contributed by atoms with Crippen LogP contribution in [0.3, 0.4) is 0 Å². The Bertz CT molecular complexity index is 1300. The lowest BCUT2D eigenvalue weighted by Gasteiger charge is -2.11. The summed E-state index contributed by atoms with van der Waals surface area (Å²) in [5.74, 6) is 1.93. The number of nitrogens with one attached hydrogen (secondary N) is 1. The van der Waals surface area contributed by atoms with E-state index < -0.39 is 0 Å². The van der Waals surface area contributed by atoms with Crippen molar-refractivity contribution in [1.82, 2.24) is 20.2 Å². The van der Waals surface area contributed by atoms with Gasteiger partial charge in [-0.3, -0.25) is 9.36 Å². The van der Waals surface area contributed by atoms with Gasteiger partial charge in [-0.15, -0.1) is 10.2 Å². The molecule has 0 bridgehead atoms. The molecular formula is C25H22ClN5O3S. The minimum atomic E-state index is -0.271. The van der Waals surface area contributed by atoms with Crippen LogP contribution < -0.4 is 10.2 Å². The molecular weight excluding hydrogens is 486 g/mol. The Hall–Kier alpha value is -3.82. The predicted molar refractivity (Wildman–Crippen MR) is 138 cm³/mol. The van der Waals surface area contributed by atoms with Crippen LogP contribution in [0.4, 0.5) is 0 Å². The Morgan fingerprint density at radius 1 is 1.17 bits per heavy atom. The minimum absolute atomic E-state index is 0.106. The highest BCUT2D eigenvalue weighted by Crippen LogP contribution is 2.29. The van der Waals surface area contributed by atoms with Gasteiger partial charge < -0.3 is 9.15 Å². The molecule has 0 radical (unpaired) electrons. The number of halogens is 1. The standard InChI is InChI=1S/C25H22ClN5O3S/c1-2-33-22-13-11-20(12-14-22)31-24(18-7-9-19(26)10-8-18)29-30-25(31)35-17-23(32)28-27-15-3-5-21-6-4-16-34-21/h3-16H,2,17H2,1H3,(H,28,32)/b5-3-,27-15-. The number of furan rings is 1. The van der Waals surface area contributed by atoms with Crippen LogP contribution in [-0.2, 0) is 4.79 Å². The Kier molecular flexibility index (Phi) is 8.37. The van der Waals surface area contributed by atoms with E-state index in [2.05, 4.69) is 20.7 Å². The molecule has 0 atom stereocenters. The van der Waals surface area contributed by atoms with Crippen LogP contribution in [0.25, 0.3) is 23.2 Å². The number of hydrazone groups is 1. The highest BCUT2D eigenvalue weighted by atomic mass is 35.5. The van der Waals surface area contributed by atoms with E-state index in [1.54, 1.807) is 36.6 Å². The number of thioether (sulfide) groups is 1. The number of carbonyl (C=O) groups is 1. The molecule has 178 valence electrons. The zero-order valence-electron chi connectivity index (χ0n) is 18.8. The molecule has 1 N–H and O–H groups in total. The predicted octanol–water partition coefficient (Wildman–Crippen LogP) is 5.49. The third kappa shape index (κ3) is 6.62. The summed E-state index contributed by atoms with van der Waals surface area (Å²) in [7, 11) is 0. The number of hydrogen-bond acceptors (Lipinski definition) is 7. The lowest BCUT2D eigenvalue weighted by Crippen LogP contribution is -2.19. The van der Waals surface area contributed by atoms with Gasteiger partial charge in [0.15, 0.2) is 11.0 Å². The minimum Gasteiger partial charge on any atom is -0.494 e. The van der Waals surface area contributed by atoms with E-state index in [0.717, 1.165) is 17.0 Å². The van der Waals surface area contributed by atoms with Gasteiger partial charge in [0.2, 0.25) is 0 Å². The molecule has 10 heteroatoms. The number of hydrogen-bond donors (Lipinski definition) is 1. The van der Waals surface area contributed by atoms with Crippen molar-refractivity contribution in [2.24, 2.45) is 5.10 Å². The molecule has 8 nitrogen and oxygen atoms in total. The van der Waals surface area contributed by atoms with E-state index in [9.17, 15) is 4.79 Å². The van der Waals surface area contributed by atoms with Crippen LogP contribution in [-0.4, -0.2) is 39.2 Å². The van der Waals surface area contributed by atoms with E-state index in [1.807, 2.05) is 54.0 Å². The molecule has 1 amide bonds. The fraction of sp³-hybridized carbons (Fsp3) is 0.120. The fourth-order valence-corrected chi connectivity index (χ4v) is 3.95. The van der Waals surface area contributed by atoms with Crippen LogP contribution in [0.5, 0.6) is 5.75 Å². The highest BCUT2D eigenvalue weighted by molar-refractivity contribution is 7.99. The van der Waals surface area contributed by atoms with Crippen molar-refractivity contribution in [1.29, 1.82) is 0 Å². The van der Waals surface area contributed by atoms with Gasteiger partial charge in [0.25, 0.3) is 5.91 Å². The summed E-state index contributed by atoms with van der Waals surface area (Å²) in [5.41, 5.74) is 4.19. The Morgan fingerprint density at radius 2 is 1.97 bits per heavy atom. The first kappa shape index (κ1) is 24.3. The maximum Gasteiger partial charge on any atom is 0.250 e. The third-order valence-electron chi connectivity index (χ3n) is 4.63. The quantitative estimate of drug-likeness (QED) is 0.173. The normalized spacial score (nSPS) is 11.4. The van der Waals surface area contributed by atoms with Crippen molar-refractivity contribution in [2.75, 3.05) is 12.4 Å². The van der Waals surface area contributed by atoms with Crippen molar-refractivity contribution in [3.05, 3.63) is 83.8 Å². The number of amides is 1. The van der Waals surface area contributed by atoms with Crippen molar-refractivity contribution in [3.8, 4) is 22.8 Å². The summed E-state index contributed by atoms with van der Waals surface area (Å²) in [6.45, 7) is 2.52. The van der Waals surface area contributed by atoms with Crippen molar-refractivity contribution in [3.63, 3.8) is 0 Å². The Labute approximate surface area is 211 Å². The lowest BCUT2D eigenvalue weighted by atomic mass is 10.2.